The lowest BCUT2D eigenvalue weighted by Crippen LogP contribution is -2.30. The third-order valence-corrected chi connectivity index (χ3v) is 4.32. The number of urea groups is 1. The van der Waals surface area contributed by atoms with Crippen molar-refractivity contribution in [3.63, 3.8) is 0 Å². The van der Waals surface area contributed by atoms with Crippen LogP contribution in [-0.4, -0.2) is 29.2 Å². The molecule has 0 saturated carbocycles. The zero-order chi connectivity index (χ0) is 20.3. The van der Waals surface area contributed by atoms with Crippen molar-refractivity contribution in [2.75, 3.05) is 18.5 Å². The molecule has 0 spiro atoms. The Morgan fingerprint density at radius 2 is 1.72 bits per heavy atom. The summed E-state index contributed by atoms with van der Waals surface area (Å²) in [6.45, 7) is 3.33. The minimum absolute atomic E-state index is 0.244. The molecule has 6 nitrogen and oxygen atoms in total. The van der Waals surface area contributed by atoms with Gasteiger partial charge in [0.1, 0.15) is 5.75 Å². The summed E-state index contributed by atoms with van der Waals surface area (Å²) in [6.07, 6.45) is 6.39. The van der Waals surface area contributed by atoms with E-state index in [1.165, 1.54) is 0 Å². The first-order valence-electron chi connectivity index (χ1n) is 9.88. The molecular weight excluding hydrogens is 364 g/mol. The van der Waals surface area contributed by atoms with Crippen LogP contribution in [0.1, 0.15) is 25.3 Å². The van der Waals surface area contributed by atoms with Crippen LogP contribution in [0.3, 0.4) is 0 Å². The molecule has 3 rings (SSSR count). The van der Waals surface area contributed by atoms with Crippen LogP contribution < -0.4 is 15.4 Å². The number of anilines is 1. The lowest BCUT2D eigenvalue weighted by Gasteiger charge is -2.09. The first-order chi connectivity index (χ1) is 14.2. The third-order valence-electron chi connectivity index (χ3n) is 4.32. The van der Waals surface area contributed by atoms with Gasteiger partial charge in [-0.25, -0.2) is 14.8 Å². The molecule has 29 heavy (non-hydrogen) atoms. The van der Waals surface area contributed by atoms with Crippen molar-refractivity contribution in [1.82, 2.24) is 15.3 Å². The van der Waals surface area contributed by atoms with Gasteiger partial charge in [-0.3, -0.25) is 0 Å². The molecule has 1 heterocycles. The number of ether oxygens (including phenoxy) is 1. The van der Waals surface area contributed by atoms with E-state index < -0.39 is 0 Å². The lowest BCUT2D eigenvalue weighted by atomic mass is 10.2. The number of hydrogen-bond donors (Lipinski definition) is 2. The van der Waals surface area contributed by atoms with E-state index in [0.29, 0.717) is 25.4 Å². The highest BCUT2D eigenvalue weighted by molar-refractivity contribution is 5.89. The number of hydrogen-bond acceptors (Lipinski definition) is 4. The summed E-state index contributed by atoms with van der Waals surface area (Å²) in [7, 11) is 0. The summed E-state index contributed by atoms with van der Waals surface area (Å²) in [5.41, 5.74) is 2.68. The molecule has 1 aromatic heterocycles. The van der Waals surface area contributed by atoms with Gasteiger partial charge in [0.05, 0.1) is 6.61 Å². The highest BCUT2D eigenvalue weighted by Gasteiger charge is 2.04. The fraction of sp³-hybridized carbons (Fsp3) is 0.261. The molecule has 0 bridgehead atoms. The van der Waals surface area contributed by atoms with Crippen molar-refractivity contribution in [2.24, 2.45) is 0 Å². The van der Waals surface area contributed by atoms with Crippen molar-refractivity contribution in [3.8, 4) is 17.1 Å². The van der Waals surface area contributed by atoms with Crippen molar-refractivity contribution >= 4 is 11.7 Å². The van der Waals surface area contributed by atoms with Gasteiger partial charge in [-0.1, -0.05) is 43.7 Å². The Hall–Kier alpha value is -3.41. The number of carbonyl (C=O) groups is 1. The van der Waals surface area contributed by atoms with Gasteiger partial charge in [0.15, 0.2) is 5.82 Å². The number of rotatable bonds is 9. The van der Waals surface area contributed by atoms with E-state index in [-0.39, 0.29) is 6.03 Å². The Balaban J connectivity index is 1.40. The maximum Gasteiger partial charge on any atom is 0.319 e. The molecule has 150 valence electrons. The first-order valence-corrected chi connectivity index (χ1v) is 9.88. The van der Waals surface area contributed by atoms with Crippen LogP contribution in [0.15, 0.2) is 67.0 Å². The van der Waals surface area contributed by atoms with Crippen LogP contribution in [0.4, 0.5) is 10.5 Å². The van der Waals surface area contributed by atoms with Gasteiger partial charge in [-0.2, -0.15) is 0 Å². The number of unbranched alkanes of at least 4 members (excludes halogenated alkanes) is 1. The maximum absolute atomic E-state index is 12.1. The smallest absolute Gasteiger partial charge is 0.319 e. The van der Waals surface area contributed by atoms with Crippen molar-refractivity contribution in [3.05, 3.63) is 72.6 Å². The molecule has 3 aromatic rings. The second kappa shape index (κ2) is 10.8. The summed E-state index contributed by atoms with van der Waals surface area (Å²) < 4.78 is 5.62. The SMILES string of the molecule is CCCCOc1ccc(NC(=O)NCCc2cnc(-c3ccccc3)nc2)cc1. The van der Waals surface area contributed by atoms with Gasteiger partial charge >= 0.3 is 6.03 Å². The van der Waals surface area contributed by atoms with E-state index in [4.69, 9.17) is 4.74 Å². The Morgan fingerprint density at radius 3 is 2.41 bits per heavy atom. The van der Waals surface area contributed by atoms with E-state index in [1.807, 2.05) is 54.6 Å². The van der Waals surface area contributed by atoms with Gasteiger partial charge in [0.25, 0.3) is 0 Å². The van der Waals surface area contributed by atoms with Gasteiger partial charge in [-0.15, -0.1) is 0 Å². The van der Waals surface area contributed by atoms with Crippen LogP contribution in [0.5, 0.6) is 5.75 Å². The van der Waals surface area contributed by atoms with Crippen molar-refractivity contribution < 1.29 is 9.53 Å². The zero-order valence-corrected chi connectivity index (χ0v) is 16.6. The highest BCUT2D eigenvalue weighted by atomic mass is 16.5. The first kappa shape index (κ1) is 20.3. The molecular formula is C23H26N4O2. The molecule has 0 unspecified atom stereocenters. The van der Waals surface area contributed by atoms with E-state index >= 15 is 0 Å². The van der Waals surface area contributed by atoms with Crippen LogP contribution in [0.25, 0.3) is 11.4 Å². The summed E-state index contributed by atoms with van der Waals surface area (Å²) >= 11 is 0. The predicted molar refractivity (Wildman–Crippen MR) is 115 cm³/mol. The summed E-state index contributed by atoms with van der Waals surface area (Å²) in [5, 5.41) is 5.66. The molecule has 0 fully saturated rings. The van der Waals surface area contributed by atoms with Gasteiger partial charge in [0.2, 0.25) is 0 Å². The summed E-state index contributed by atoms with van der Waals surface area (Å²) in [6, 6.07) is 17.0. The van der Waals surface area contributed by atoms with E-state index in [9.17, 15) is 4.79 Å². The monoisotopic (exact) mass is 390 g/mol. The number of carbonyl (C=O) groups excluding carboxylic acids is 1. The minimum atomic E-state index is -0.244. The standard InChI is InChI=1S/C23H26N4O2/c1-2-3-15-29-21-11-9-20(10-12-21)27-23(28)24-14-13-18-16-25-22(26-17-18)19-7-5-4-6-8-19/h4-12,16-17H,2-3,13-15H2,1H3,(H2,24,27,28). The second-order valence-electron chi connectivity index (χ2n) is 6.64. The van der Waals surface area contributed by atoms with Crippen LogP contribution in [-0.2, 0) is 6.42 Å². The normalized spacial score (nSPS) is 10.4. The van der Waals surface area contributed by atoms with Crippen molar-refractivity contribution in [1.29, 1.82) is 0 Å². The average molecular weight is 390 g/mol. The topological polar surface area (TPSA) is 76.1 Å². The molecule has 2 N–H and O–H groups in total. The molecule has 6 heteroatoms. The van der Waals surface area contributed by atoms with Gasteiger partial charge < -0.3 is 15.4 Å². The van der Waals surface area contributed by atoms with E-state index in [0.717, 1.165) is 35.4 Å². The van der Waals surface area contributed by atoms with Crippen molar-refractivity contribution in [2.45, 2.75) is 26.2 Å². The number of amides is 2. The average Bonchev–Trinajstić information content (AvgIpc) is 2.76. The van der Waals surface area contributed by atoms with Gasteiger partial charge in [0, 0.05) is 30.2 Å². The minimum Gasteiger partial charge on any atom is -0.494 e. The van der Waals surface area contributed by atoms with Crippen LogP contribution in [0.2, 0.25) is 0 Å². The number of nitrogens with zero attached hydrogens (tertiary/aromatic N) is 2. The molecule has 0 radical (unpaired) electrons. The molecule has 0 saturated heterocycles. The van der Waals surface area contributed by atoms with Gasteiger partial charge in [-0.05, 0) is 42.7 Å². The lowest BCUT2D eigenvalue weighted by molar-refractivity contribution is 0.252. The number of benzene rings is 2. The number of nitrogens with one attached hydrogen (secondary N) is 2. The molecule has 2 aromatic carbocycles. The molecule has 2 amide bonds. The third kappa shape index (κ3) is 6.60. The quantitative estimate of drug-likeness (QED) is 0.520. The van der Waals surface area contributed by atoms with E-state index in [1.54, 1.807) is 12.4 Å². The molecule has 0 atom stereocenters. The largest absolute Gasteiger partial charge is 0.494 e. The van der Waals surface area contributed by atoms with Crippen LogP contribution in [0, 0.1) is 0 Å². The second-order valence-corrected chi connectivity index (χ2v) is 6.64. The zero-order valence-electron chi connectivity index (χ0n) is 16.6. The maximum atomic E-state index is 12.1. The number of aromatic nitrogens is 2. The summed E-state index contributed by atoms with van der Waals surface area (Å²) in [4.78, 5) is 20.8. The predicted octanol–water partition coefficient (Wildman–Crippen LogP) is 4.69. The Kier molecular flexibility index (Phi) is 7.57. The molecule has 0 aliphatic heterocycles. The Labute approximate surface area is 171 Å². The summed E-state index contributed by atoms with van der Waals surface area (Å²) in [5.74, 6) is 1.51. The Morgan fingerprint density at radius 1 is 1.00 bits per heavy atom. The molecule has 0 aliphatic carbocycles. The fourth-order valence-corrected chi connectivity index (χ4v) is 2.68. The Bertz CT molecular complexity index is 881. The van der Waals surface area contributed by atoms with E-state index in [2.05, 4.69) is 27.5 Å². The molecule has 0 aliphatic rings. The fourth-order valence-electron chi connectivity index (χ4n) is 2.68. The highest BCUT2D eigenvalue weighted by Crippen LogP contribution is 2.16. The van der Waals surface area contributed by atoms with Crippen LogP contribution >= 0.6 is 0 Å².